The summed E-state index contributed by atoms with van der Waals surface area (Å²) in [4.78, 5) is 53.9. The maximum Gasteiger partial charge on any atom is 0.313 e. The Morgan fingerprint density at radius 1 is 0.923 bits per heavy atom. The molecule has 24 unspecified atom stereocenters. The Bertz CT molecular complexity index is 3240. The Hall–Kier alpha value is -4.66. The molecule has 7 fully saturated rings. The van der Waals surface area contributed by atoms with Gasteiger partial charge in [-0.1, -0.05) is 89.6 Å². The van der Waals surface area contributed by atoms with Crippen LogP contribution in [0.15, 0.2) is 82.8 Å². The molecule has 1 aromatic heterocycles. The van der Waals surface area contributed by atoms with Gasteiger partial charge in [-0.25, -0.2) is 0 Å². The van der Waals surface area contributed by atoms with Crippen LogP contribution >= 0.6 is 21.6 Å². The van der Waals surface area contributed by atoms with Crippen LogP contribution in [-0.4, -0.2) is 148 Å². The zero-order chi connectivity index (χ0) is 64.1. The van der Waals surface area contributed by atoms with Crippen molar-refractivity contribution in [3.63, 3.8) is 0 Å². The Labute approximate surface area is 541 Å². The van der Waals surface area contributed by atoms with Gasteiger partial charge in [-0.05, 0) is 171 Å². The van der Waals surface area contributed by atoms with E-state index in [1.54, 1.807) is 37.4 Å². The fourth-order valence-corrected chi connectivity index (χ4v) is 24.6. The van der Waals surface area contributed by atoms with Gasteiger partial charge in [0.15, 0.2) is 23.8 Å². The number of guanidine groups is 1. The summed E-state index contributed by atoms with van der Waals surface area (Å²) in [5, 5.41) is 117. The van der Waals surface area contributed by atoms with E-state index in [2.05, 4.69) is 52.3 Å². The molecule has 0 radical (unpaired) electrons. The van der Waals surface area contributed by atoms with Crippen LogP contribution in [0.5, 0.6) is 5.75 Å². The Morgan fingerprint density at radius 2 is 1.69 bits per heavy atom. The number of nitrogens with two attached hydrogens (primary N) is 2. The highest BCUT2D eigenvalue weighted by atomic mass is 33.1. The van der Waals surface area contributed by atoms with Crippen LogP contribution in [0.1, 0.15) is 140 Å². The molecule has 0 amide bonds. The summed E-state index contributed by atoms with van der Waals surface area (Å²) >= 11 is 0. The summed E-state index contributed by atoms with van der Waals surface area (Å²) < 4.78 is 6.04. The minimum atomic E-state index is -2.13. The number of aromatic amines is 1. The number of H-pyrrole nitrogens is 1. The standard InChI is InChI=1S/C71H95N5O13S2/c1-36-11-12-38-26-39-15-18-46-45(49-33-89-66(86)57(49)41-20-23-74-31-41)10-6-7-40-29-71(88)60-51(19-21-69(71,22-24-75-67(72)73)64(40)68(2,87)55(81)28-48(65(84)85)56(39)58(46)47(38)25-36)70(43-8-4-3-5-9-43)30-54(80)62(82)50-35-91-90-34-42(37-13-16-44(78)17-14-37)27-53(79)52(32-77)76-61(60)63(83)59(50)70/h13-18,20,23,26,31,36,39-40,42-43,45-52,54-59,62,64-65,74,76-78,80-82,84-85,87-88H,3-5,7-9,11-12,19,21-22,24-25,27-30,32-35H2,1-2H3,(H4,72,73,75). The first-order chi connectivity index (χ1) is 43.6. The van der Waals surface area contributed by atoms with E-state index in [0.29, 0.717) is 23.7 Å². The predicted octanol–water partition coefficient (Wildman–Crippen LogP) is 6.12. The molecule has 91 heavy (non-hydrogen) atoms. The lowest BCUT2D eigenvalue weighted by atomic mass is 9.39. The number of aliphatic hydroxyl groups is 8. The molecule has 1 aromatic carbocycles. The number of aliphatic imine (C=N–C) groups is 1. The maximum atomic E-state index is 16.9. The van der Waals surface area contributed by atoms with Crippen LogP contribution in [0.25, 0.3) is 0 Å². The number of Topliss-reactive ketones (excluding diaryl/α,β-unsaturated/α-hetero) is 2. The largest absolute Gasteiger partial charge is 0.508 e. The number of allylic oxidation sites excluding steroid dienone is 5. The van der Waals surface area contributed by atoms with Crippen molar-refractivity contribution in [3.8, 4) is 17.6 Å². The second kappa shape index (κ2) is 25.5. The van der Waals surface area contributed by atoms with Gasteiger partial charge in [0.1, 0.15) is 11.8 Å². The number of benzene rings is 1. The fourth-order valence-electron chi connectivity index (χ4n) is 21.9. The van der Waals surface area contributed by atoms with Gasteiger partial charge in [-0.3, -0.25) is 19.4 Å². The van der Waals surface area contributed by atoms with E-state index in [9.17, 15) is 45.6 Å². The van der Waals surface area contributed by atoms with Gasteiger partial charge in [0.05, 0.1) is 54.3 Å². The highest BCUT2D eigenvalue weighted by molar-refractivity contribution is 8.76. The summed E-state index contributed by atoms with van der Waals surface area (Å²) in [5.41, 5.74) is 8.80. The second-order valence-electron chi connectivity index (χ2n) is 30.0. The predicted molar refractivity (Wildman–Crippen MR) is 346 cm³/mol. The van der Waals surface area contributed by atoms with Gasteiger partial charge in [0.25, 0.3) is 0 Å². The van der Waals surface area contributed by atoms with Gasteiger partial charge in [0.2, 0.25) is 0 Å². The lowest BCUT2D eigenvalue weighted by molar-refractivity contribution is -0.209. The van der Waals surface area contributed by atoms with Gasteiger partial charge in [-0.15, -0.1) is 5.92 Å². The van der Waals surface area contributed by atoms with E-state index < -0.39 is 130 Å². The number of carbonyl (C=O) groups is 3. The summed E-state index contributed by atoms with van der Waals surface area (Å²) in [6, 6.07) is 7.22. The number of esters is 1. The number of ether oxygens (including phenoxy) is 1. The average Bonchev–Trinajstić information content (AvgIpc) is 1.64. The first-order valence-corrected chi connectivity index (χ1v) is 36.4. The molecule has 13 rings (SSSR count). The molecule has 2 saturated heterocycles. The van der Waals surface area contributed by atoms with Crippen molar-refractivity contribution < 1.29 is 65.1 Å². The molecule has 20 heteroatoms. The van der Waals surface area contributed by atoms with E-state index in [1.165, 1.54) is 27.2 Å². The zero-order valence-corrected chi connectivity index (χ0v) is 54.0. The SMILES string of the molecule is CC1CCC2=CC3C=CC4C(C5COC(=O)C5c5cc[nH]c5)C#CCC5CC6(O)C7=C8NC(CO)C(=O)CC(c9ccc(O)cc9)CSSCC9C(O)C(O)CC(C%10CCCCC%10)(C7CCC6(CCN=C(N)N)C5C(C)(O)C(O)CC(C(O)O)C3C4C2C1)C9C8=O. The molecule has 3 heterocycles. The van der Waals surface area contributed by atoms with Crippen LogP contribution in [0.3, 0.4) is 0 Å². The maximum absolute atomic E-state index is 16.9. The van der Waals surface area contributed by atoms with Crippen molar-refractivity contribution in [2.45, 2.75) is 170 Å². The van der Waals surface area contributed by atoms with E-state index in [-0.39, 0.29) is 123 Å². The molecular formula is C71H95N5O13S2. The van der Waals surface area contributed by atoms with E-state index in [0.717, 1.165) is 62.5 Å². The Balaban J connectivity index is 1.02. The number of rotatable bonds is 9. The molecular weight excluding hydrogens is 1190 g/mol. The summed E-state index contributed by atoms with van der Waals surface area (Å²) in [6.45, 7) is 3.19. The molecule has 11 aliphatic rings. The normalized spacial score (nSPS) is 44.2. The number of phenolic OH excluding ortho intramolecular Hbond substituents is 1. The van der Waals surface area contributed by atoms with Crippen LogP contribution < -0.4 is 16.8 Å². The Kier molecular flexibility index (Phi) is 18.2. The molecule has 6 bridgehead atoms. The van der Waals surface area contributed by atoms with E-state index in [1.807, 2.05) is 12.3 Å². The van der Waals surface area contributed by atoms with Crippen molar-refractivity contribution in [2.75, 3.05) is 31.3 Å². The molecule has 2 aliphatic heterocycles. The fraction of sp³-hybridized carbons (Fsp3) is 0.690. The number of hydrogen-bond acceptors (Lipinski definition) is 17. The van der Waals surface area contributed by atoms with Crippen molar-refractivity contribution in [1.29, 1.82) is 0 Å². The first-order valence-electron chi connectivity index (χ1n) is 33.9. The quantitative estimate of drug-likeness (QED) is 0.0256. The smallest absolute Gasteiger partial charge is 0.313 e. The summed E-state index contributed by atoms with van der Waals surface area (Å²) in [6.07, 6.45) is 11.5. The van der Waals surface area contributed by atoms with Gasteiger partial charge in [-0.2, -0.15) is 0 Å². The van der Waals surface area contributed by atoms with Crippen molar-refractivity contribution in [1.82, 2.24) is 10.3 Å². The monoisotopic (exact) mass is 1290 g/mol. The molecule has 494 valence electrons. The number of aliphatic hydroxyl groups excluding tert-OH is 5. The number of ketones is 2. The number of cyclic esters (lactones) is 1. The molecule has 18 nitrogen and oxygen atoms in total. The van der Waals surface area contributed by atoms with E-state index in [4.69, 9.17) is 16.2 Å². The summed E-state index contributed by atoms with van der Waals surface area (Å²) in [7, 11) is 3.01. The molecule has 5 saturated carbocycles. The lowest BCUT2D eigenvalue weighted by Crippen LogP contribution is -2.69. The third-order valence-electron chi connectivity index (χ3n) is 25.6. The third kappa shape index (κ3) is 11.0. The van der Waals surface area contributed by atoms with E-state index >= 15 is 14.7 Å². The average molecular weight is 1290 g/mol. The summed E-state index contributed by atoms with van der Waals surface area (Å²) in [5.74, 6) is -1.07. The minimum Gasteiger partial charge on any atom is -0.508 e. The number of hydrogen-bond donors (Lipinski definition) is 13. The van der Waals surface area contributed by atoms with Gasteiger partial charge < -0.3 is 72.5 Å². The first kappa shape index (κ1) is 65.0. The van der Waals surface area contributed by atoms with Crippen LogP contribution in [-0.2, 0) is 19.1 Å². The molecule has 24 atom stereocenters. The van der Waals surface area contributed by atoms with Crippen LogP contribution in [0.4, 0.5) is 0 Å². The van der Waals surface area contributed by atoms with Crippen molar-refractivity contribution >= 4 is 45.1 Å². The van der Waals surface area contributed by atoms with Crippen LogP contribution in [0, 0.1) is 111 Å². The molecule has 15 N–H and O–H groups in total. The zero-order valence-electron chi connectivity index (χ0n) is 52.4. The number of aromatic nitrogens is 1. The number of nitrogens with zero attached hydrogens (tertiary/aromatic N) is 1. The third-order valence-corrected chi connectivity index (χ3v) is 28.1. The van der Waals surface area contributed by atoms with Crippen LogP contribution in [0.2, 0.25) is 0 Å². The number of phenols is 1. The number of nitrogens with one attached hydrogen (secondary N) is 2. The van der Waals surface area contributed by atoms with Crippen molar-refractivity contribution in [3.05, 3.63) is 88.9 Å². The minimum absolute atomic E-state index is 0.0187. The number of fused-ring (bicyclic) bond motifs is 8. The topological polar surface area (TPSA) is 335 Å². The molecule has 2 aromatic rings. The second-order valence-corrected chi connectivity index (χ2v) is 32.5. The van der Waals surface area contributed by atoms with Gasteiger partial charge >= 0.3 is 5.97 Å². The number of carbonyl (C=O) groups excluding carboxylic acids is 3. The van der Waals surface area contributed by atoms with Crippen molar-refractivity contribution in [2.24, 2.45) is 116 Å². The molecule has 9 aliphatic carbocycles. The highest BCUT2D eigenvalue weighted by Gasteiger charge is 2.76. The lowest BCUT2D eigenvalue weighted by Gasteiger charge is -2.66. The number of aromatic hydroxyl groups is 1. The van der Waals surface area contributed by atoms with Gasteiger partial charge in [0, 0.05) is 90.1 Å². The Morgan fingerprint density at radius 3 is 2.42 bits per heavy atom. The highest BCUT2D eigenvalue weighted by Crippen LogP contribution is 2.75. The molecule has 0 spiro atoms.